The van der Waals surface area contributed by atoms with E-state index in [0.29, 0.717) is 6.54 Å². The third-order valence-corrected chi connectivity index (χ3v) is 3.06. The Labute approximate surface area is 106 Å². The summed E-state index contributed by atoms with van der Waals surface area (Å²) >= 11 is 5.91. The maximum atomic E-state index is 5.91. The van der Waals surface area contributed by atoms with Gasteiger partial charge in [0.25, 0.3) is 0 Å². The summed E-state index contributed by atoms with van der Waals surface area (Å²) in [5.74, 6) is 0.863. The summed E-state index contributed by atoms with van der Waals surface area (Å²) in [6, 6.07) is 5.80. The number of nitrogens with one attached hydrogen (secondary N) is 1. The van der Waals surface area contributed by atoms with Crippen LogP contribution in [0.5, 0.6) is 0 Å². The molecule has 2 aromatic rings. The monoisotopic (exact) mass is 250 g/mol. The maximum Gasteiger partial charge on any atom is 0.138 e. The molecule has 17 heavy (non-hydrogen) atoms. The van der Waals surface area contributed by atoms with Gasteiger partial charge in [-0.3, -0.25) is 0 Å². The molecule has 0 aliphatic carbocycles. The highest BCUT2D eigenvalue weighted by Gasteiger charge is 2.08. The van der Waals surface area contributed by atoms with E-state index < -0.39 is 0 Å². The average Bonchev–Trinajstić information content (AvgIpc) is 2.58. The average molecular weight is 251 g/mol. The van der Waals surface area contributed by atoms with Gasteiger partial charge in [0.1, 0.15) is 5.76 Å². The number of hydrogen-bond acceptors (Lipinski definition) is 3. The molecule has 0 spiro atoms. The highest BCUT2D eigenvalue weighted by Crippen LogP contribution is 2.21. The van der Waals surface area contributed by atoms with Crippen molar-refractivity contribution in [3.63, 3.8) is 0 Å². The largest absolute Gasteiger partial charge is 0.381 e. The van der Waals surface area contributed by atoms with Crippen LogP contribution in [0.2, 0.25) is 5.02 Å². The number of benzene rings is 1. The van der Waals surface area contributed by atoms with E-state index in [0.717, 1.165) is 33.3 Å². The second kappa shape index (κ2) is 4.80. The van der Waals surface area contributed by atoms with Gasteiger partial charge in [-0.15, -0.1) is 0 Å². The van der Waals surface area contributed by atoms with Crippen molar-refractivity contribution in [2.24, 2.45) is 0 Å². The summed E-state index contributed by atoms with van der Waals surface area (Å²) in [6.45, 7) is 6.61. The topological polar surface area (TPSA) is 38.1 Å². The molecule has 1 N–H and O–H groups in total. The van der Waals surface area contributed by atoms with E-state index in [-0.39, 0.29) is 0 Å². The standard InChI is InChI=1S/C13H15ClN2O/c1-8-6-11(14)4-5-13(8)15-7-12-9(2)16-17-10(12)3/h4-6,15H,7H2,1-3H3. The van der Waals surface area contributed by atoms with E-state index in [1.54, 1.807) is 0 Å². The Balaban J connectivity index is 2.13. The molecular formula is C13H15ClN2O. The molecule has 0 aliphatic heterocycles. The van der Waals surface area contributed by atoms with Gasteiger partial charge in [0, 0.05) is 22.8 Å². The Bertz CT molecular complexity index is 515. The van der Waals surface area contributed by atoms with E-state index in [1.165, 1.54) is 0 Å². The van der Waals surface area contributed by atoms with Crippen LogP contribution in [0.1, 0.15) is 22.6 Å². The van der Waals surface area contributed by atoms with Crippen molar-refractivity contribution in [2.45, 2.75) is 27.3 Å². The number of aryl methyl sites for hydroxylation is 3. The van der Waals surface area contributed by atoms with E-state index >= 15 is 0 Å². The predicted molar refractivity (Wildman–Crippen MR) is 69.5 cm³/mol. The van der Waals surface area contributed by atoms with Crippen LogP contribution < -0.4 is 5.32 Å². The zero-order valence-corrected chi connectivity index (χ0v) is 10.9. The van der Waals surface area contributed by atoms with Crippen molar-refractivity contribution < 1.29 is 4.52 Å². The molecule has 1 heterocycles. The summed E-state index contributed by atoms with van der Waals surface area (Å²) in [4.78, 5) is 0. The molecular weight excluding hydrogens is 236 g/mol. The lowest BCUT2D eigenvalue weighted by atomic mass is 10.1. The van der Waals surface area contributed by atoms with Crippen molar-refractivity contribution in [1.82, 2.24) is 5.16 Å². The zero-order valence-electron chi connectivity index (χ0n) is 10.2. The van der Waals surface area contributed by atoms with Crippen molar-refractivity contribution in [3.8, 4) is 0 Å². The Hall–Kier alpha value is -1.48. The van der Waals surface area contributed by atoms with E-state index in [2.05, 4.69) is 10.5 Å². The van der Waals surface area contributed by atoms with Gasteiger partial charge in [-0.2, -0.15) is 0 Å². The molecule has 90 valence electrons. The molecule has 0 fully saturated rings. The van der Waals surface area contributed by atoms with Crippen LogP contribution in [0.3, 0.4) is 0 Å². The van der Waals surface area contributed by atoms with Crippen LogP contribution in [0.4, 0.5) is 5.69 Å². The summed E-state index contributed by atoms with van der Waals surface area (Å²) < 4.78 is 5.12. The summed E-state index contributed by atoms with van der Waals surface area (Å²) in [6.07, 6.45) is 0. The van der Waals surface area contributed by atoms with Crippen LogP contribution in [0.25, 0.3) is 0 Å². The fraction of sp³-hybridized carbons (Fsp3) is 0.308. The number of aromatic nitrogens is 1. The minimum absolute atomic E-state index is 0.712. The number of rotatable bonds is 3. The first-order valence-electron chi connectivity index (χ1n) is 5.49. The molecule has 0 saturated carbocycles. The SMILES string of the molecule is Cc1cc(Cl)ccc1NCc1c(C)noc1C. The zero-order chi connectivity index (χ0) is 12.4. The molecule has 0 amide bonds. The fourth-order valence-corrected chi connectivity index (χ4v) is 1.99. The quantitative estimate of drug-likeness (QED) is 0.899. The van der Waals surface area contributed by atoms with Crippen molar-refractivity contribution in [2.75, 3.05) is 5.32 Å². The minimum atomic E-state index is 0.712. The van der Waals surface area contributed by atoms with Gasteiger partial charge in [0.15, 0.2) is 0 Å². The molecule has 4 heteroatoms. The van der Waals surface area contributed by atoms with Gasteiger partial charge >= 0.3 is 0 Å². The number of hydrogen-bond donors (Lipinski definition) is 1. The number of anilines is 1. The third kappa shape index (κ3) is 2.61. The number of nitrogens with zero attached hydrogens (tertiary/aromatic N) is 1. The van der Waals surface area contributed by atoms with Crippen LogP contribution in [0.15, 0.2) is 22.7 Å². The normalized spacial score (nSPS) is 10.6. The van der Waals surface area contributed by atoms with Gasteiger partial charge in [0.05, 0.1) is 5.69 Å². The second-order valence-corrected chi connectivity index (χ2v) is 4.55. The van der Waals surface area contributed by atoms with Gasteiger partial charge in [-0.05, 0) is 44.5 Å². The van der Waals surface area contributed by atoms with E-state index in [9.17, 15) is 0 Å². The number of halogens is 1. The highest BCUT2D eigenvalue weighted by atomic mass is 35.5. The van der Waals surface area contributed by atoms with Gasteiger partial charge in [0.2, 0.25) is 0 Å². The van der Waals surface area contributed by atoms with Crippen molar-refractivity contribution >= 4 is 17.3 Å². The second-order valence-electron chi connectivity index (χ2n) is 4.12. The molecule has 1 aromatic heterocycles. The molecule has 0 aliphatic rings. The maximum absolute atomic E-state index is 5.91. The third-order valence-electron chi connectivity index (χ3n) is 2.83. The first kappa shape index (κ1) is 12.0. The Kier molecular flexibility index (Phi) is 3.38. The minimum Gasteiger partial charge on any atom is -0.381 e. The van der Waals surface area contributed by atoms with Gasteiger partial charge in [-0.1, -0.05) is 16.8 Å². The lowest BCUT2D eigenvalue weighted by Gasteiger charge is -2.09. The Morgan fingerprint density at radius 3 is 2.65 bits per heavy atom. The van der Waals surface area contributed by atoms with Crippen LogP contribution in [-0.2, 0) is 6.54 Å². The Morgan fingerprint density at radius 2 is 2.06 bits per heavy atom. The van der Waals surface area contributed by atoms with Gasteiger partial charge in [-0.25, -0.2) is 0 Å². The highest BCUT2D eigenvalue weighted by molar-refractivity contribution is 6.30. The van der Waals surface area contributed by atoms with E-state index in [1.807, 2.05) is 39.0 Å². The van der Waals surface area contributed by atoms with Crippen LogP contribution >= 0.6 is 11.6 Å². The van der Waals surface area contributed by atoms with Crippen LogP contribution in [0, 0.1) is 20.8 Å². The fourth-order valence-electron chi connectivity index (χ4n) is 1.76. The lowest BCUT2D eigenvalue weighted by Crippen LogP contribution is -2.02. The molecule has 0 radical (unpaired) electrons. The molecule has 1 aromatic carbocycles. The van der Waals surface area contributed by atoms with Gasteiger partial charge < -0.3 is 9.84 Å². The van der Waals surface area contributed by atoms with E-state index in [4.69, 9.17) is 16.1 Å². The molecule has 0 unspecified atom stereocenters. The van der Waals surface area contributed by atoms with Crippen molar-refractivity contribution in [3.05, 3.63) is 45.8 Å². The lowest BCUT2D eigenvalue weighted by molar-refractivity contribution is 0.392. The molecule has 2 rings (SSSR count). The summed E-state index contributed by atoms with van der Waals surface area (Å²) in [7, 11) is 0. The first-order valence-corrected chi connectivity index (χ1v) is 5.87. The van der Waals surface area contributed by atoms with Crippen LogP contribution in [-0.4, -0.2) is 5.16 Å². The molecule has 0 atom stereocenters. The van der Waals surface area contributed by atoms with Crippen molar-refractivity contribution in [1.29, 1.82) is 0 Å². The summed E-state index contributed by atoms with van der Waals surface area (Å²) in [5.41, 5.74) is 4.25. The molecule has 0 saturated heterocycles. The molecule has 3 nitrogen and oxygen atoms in total. The predicted octanol–water partition coefficient (Wildman–Crippen LogP) is 3.87. The smallest absolute Gasteiger partial charge is 0.138 e. The summed E-state index contributed by atoms with van der Waals surface area (Å²) in [5, 5.41) is 8.05. The Morgan fingerprint density at radius 1 is 1.29 bits per heavy atom. The molecule has 0 bridgehead atoms. The first-order chi connectivity index (χ1) is 8.08.